The normalized spacial score (nSPS) is 18.8. The second-order valence-corrected chi connectivity index (χ2v) is 7.33. The molecule has 0 saturated carbocycles. The quantitative estimate of drug-likeness (QED) is 0.734. The Bertz CT molecular complexity index is 888. The van der Waals surface area contributed by atoms with Gasteiger partial charge >= 0.3 is 5.97 Å². The third-order valence-electron chi connectivity index (χ3n) is 5.11. The van der Waals surface area contributed by atoms with Crippen LogP contribution in [0, 0.1) is 0 Å². The number of carbonyl (C=O) groups excluding carboxylic acids is 2. The minimum Gasteiger partial charge on any atom is -0.461 e. The maximum Gasteiger partial charge on any atom is 0.359 e. The number of aromatic nitrogens is 2. The lowest BCUT2D eigenvalue weighted by Gasteiger charge is -2.29. The Kier molecular flexibility index (Phi) is 5.37. The van der Waals surface area contributed by atoms with E-state index in [2.05, 4.69) is 5.10 Å². The largest absolute Gasteiger partial charge is 0.461 e. The van der Waals surface area contributed by atoms with E-state index in [-0.39, 0.29) is 24.3 Å². The van der Waals surface area contributed by atoms with Crippen LogP contribution in [0.4, 0.5) is 0 Å². The van der Waals surface area contributed by atoms with Gasteiger partial charge in [-0.1, -0.05) is 11.6 Å². The monoisotopic (exact) mass is 403 g/mol. The van der Waals surface area contributed by atoms with Crippen LogP contribution >= 0.6 is 11.6 Å². The molecule has 1 saturated heterocycles. The molecule has 2 aromatic rings. The van der Waals surface area contributed by atoms with E-state index in [1.165, 1.54) is 0 Å². The summed E-state index contributed by atoms with van der Waals surface area (Å²) < 4.78 is 12.5. The molecule has 28 heavy (non-hydrogen) atoms. The van der Waals surface area contributed by atoms with Crippen molar-refractivity contribution in [3.63, 3.8) is 0 Å². The Morgan fingerprint density at radius 3 is 2.79 bits per heavy atom. The van der Waals surface area contributed by atoms with E-state index < -0.39 is 5.97 Å². The van der Waals surface area contributed by atoms with E-state index in [0.717, 1.165) is 29.8 Å². The van der Waals surface area contributed by atoms with Crippen molar-refractivity contribution in [2.75, 3.05) is 19.8 Å². The van der Waals surface area contributed by atoms with Crippen molar-refractivity contribution in [3.05, 3.63) is 46.2 Å². The molecule has 3 heterocycles. The van der Waals surface area contributed by atoms with Gasteiger partial charge in [-0.2, -0.15) is 5.10 Å². The van der Waals surface area contributed by atoms with E-state index in [1.54, 1.807) is 28.6 Å². The van der Waals surface area contributed by atoms with Gasteiger partial charge in [-0.3, -0.25) is 4.79 Å². The summed E-state index contributed by atoms with van der Waals surface area (Å²) in [6.45, 7) is 3.54. The van der Waals surface area contributed by atoms with Crippen molar-refractivity contribution in [2.24, 2.45) is 0 Å². The number of halogens is 1. The van der Waals surface area contributed by atoms with Gasteiger partial charge in [-0.05, 0) is 44.0 Å². The number of ether oxygens (including phenoxy) is 2. The topological polar surface area (TPSA) is 73.7 Å². The minimum atomic E-state index is -0.474. The van der Waals surface area contributed by atoms with Gasteiger partial charge in [0.25, 0.3) is 5.91 Å². The van der Waals surface area contributed by atoms with Crippen molar-refractivity contribution in [1.82, 2.24) is 14.7 Å². The highest BCUT2D eigenvalue weighted by molar-refractivity contribution is 6.30. The Morgan fingerprint density at radius 2 is 2.11 bits per heavy atom. The molecule has 0 aliphatic carbocycles. The van der Waals surface area contributed by atoms with Crippen LogP contribution in [0.25, 0.3) is 5.69 Å². The van der Waals surface area contributed by atoms with Gasteiger partial charge in [0.15, 0.2) is 5.69 Å². The lowest BCUT2D eigenvalue weighted by atomic mass is 10.0. The molecule has 0 N–H and O–H groups in total. The molecule has 1 atom stereocenters. The van der Waals surface area contributed by atoms with Crippen molar-refractivity contribution >= 4 is 23.5 Å². The summed E-state index contributed by atoms with van der Waals surface area (Å²) in [5.41, 5.74) is 2.74. The third-order valence-corrected chi connectivity index (χ3v) is 5.37. The first-order valence-corrected chi connectivity index (χ1v) is 9.90. The lowest BCUT2D eigenvalue weighted by Crippen LogP contribution is -2.42. The number of benzene rings is 1. The van der Waals surface area contributed by atoms with E-state index >= 15 is 0 Å². The molecule has 8 heteroatoms. The Balaban J connectivity index is 1.69. The van der Waals surface area contributed by atoms with Gasteiger partial charge in [0, 0.05) is 30.2 Å². The third kappa shape index (κ3) is 3.52. The molecule has 1 amide bonds. The summed E-state index contributed by atoms with van der Waals surface area (Å²) in [5.74, 6) is -0.491. The molecular formula is C20H22ClN3O4. The molecule has 2 aliphatic heterocycles. The van der Waals surface area contributed by atoms with E-state index in [0.29, 0.717) is 31.1 Å². The number of esters is 1. The first kappa shape index (κ1) is 19.0. The Morgan fingerprint density at radius 1 is 1.32 bits per heavy atom. The summed E-state index contributed by atoms with van der Waals surface area (Å²) in [7, 11) is 0. The van der Waals surface area contributed by atoms with Crippen molar-refractivity contribution in [2.45, 2.75) is 38.8 Å². The fraction of sp³-hybridized carbons (Fsp3) is 0.450. The second kappa shape index (κ2) is 7.93. The van der Waals surface area contributed by atoms with Crippen LogP contribution < -0.4 is 0 Å². The highest BCUT2D eigenvalue weighted by Gasteiger charge is 2.34. The predicted octanol–water partition coefficient (Wildman–Crippen LogP) is 2.77. The van der Waals surface area contributed by atoms with Gasteiger partial charge in [0.1, 0.15) is 6.10 Å². The SMILES string of the molecule is CCOC(=O)c1nn(-c2ccc(Cl)cc2)c2c1CN(C(=O)C1CCCO1)CC2. The highest BCUT2D eigenvalue weighted by Crippen LogP contribution is 2.28. The molecule has 1 unspecified atom stereocenters. The van der Waals surface area contributed by atoms with E-state index in [9.17, 15) is 9.59 Å². The molecule has 7 nitrogen and oxygen atoms in total. The van der Waals surface area contributed by atoms with E-state index in [1.807, 2.05) is 12.1 Å². The summed E-state index contributed by atoms with van der Waals surface area (Å²) >= 11 is 6.00. The van der Waals surface area contributed by atoms with Crippen molar-refractivity contribution < 1.29 is 19.1 Å². The number of fused-ring (bicyclic) bond motifs is 1. The number of hydrogen-bond acceptors (Lipinski definition) is 5. The molecule has 148 valence electrons. The molecule has 0 spiro atoms. The number of hydrogen-bond donors (Lipinski definition) is 0. The number of amides is 1. The fourth-order valence-corrected chi connectivity index (χ4v) is 3.87. The molecule has 4 rings (SSSR count). The number of carbonyl (C=O) groups is 2. The number of rotatable bonds is 4. The molecule has 1 aromatic heterocycles. The minimum absolute atomic E-state index is 0.0165. The summed E-state index contributed by atoms with van der Waals surface area (Å²) in [6, 6.07) is 7.28. The fourth-order valence-electron chi connectivity index (χ4n) is 3.74. The Hall–Kier alpha value is -2.38. The van der Waals surface area contributed by atoms with Crippen molar-refractivity contribution in [1.29, 1.82) is 0 Å². The van der Waals surface area contributed by atoms with Crippen LogP contribution in [-0.2, 0) is 27.2 Å². The summed E-state index contributed by atoms with van der Waals surface area (Å²) in [5, 5.41) is 5.16. The maximum atomic E-state index is 12.8. The van der Waals surface area contributed by atoms with Gasteiger partial charge in [-0.25, -0.2) is 9.48 Å². The number of nitrogens with zero attached hydrogens (tertiary/aromatic N) is 3. The Labute approximate surface area is 168 Å². The average Bonchev–Trinajstić information content (AvgIpc) is 3.36. The van der Waals surface area contributed by atoms with Crippen LogP contribution in [0.5, 0.6) is 0 Å². The standard InChI is InChI=1S/C20H22ClN3O4/c1-2-27-20(26)18-15-12-23(19(25)17-4-3-11-28-17)10-9-16(15)24(22-18)14-7-5-13(21)6-8-14/h5-8,17H,2-4,9-12H2,1H3. The van der Waals surface area contributed by atoms with Crippen LogP contribution in [0.2, 0.25) is 5.02 Å². The van der Waals surface area contributed by atoms with Crippen LogP contribution in [0.1, 0.15) is 41.5 Å². The zero-order valence-corrected chi connectivity index (χ0v) is 16.4. The molecule has 0 bridgehead atoms. The van der Waals surface area contributed by atoms with Gasteiger partial charge in [-0.15, -0.1) is 0 Å². The molecule has 0 radical (unpaired) electrons. The summed E-state index contributed by atoms with van der Waals surface area (Å²) in [4.78, 5) is 27.0. The zero-order valence-electron chi connectivity index (χ0n) is 15.7. The smallest absolute Gasteiger partial charge is 0.359 e. The maximum absolute atomic E-state index is 12.8. The van der Waals surface area contributed by atoms with Crippen LogP contribution in [0.3, 0.4) is 0 Å². The molecule has 1 aromatic carbocycles. The highest BCUT2D eigenvalue weighted by atomic mass is 35.5. The molecule has 2 aliphatic rings. The lowest BCUT2D eigenvalue weighted by molar-refractivity contribution is -0.141. The predicted molar refractivity (Wildman–Crippen MR) is 103 cm³/mol. The summed E-state index contributed by atoms with van der Waals surface area (Å²) in [6.07, 6.45) is 1.87. The van der Waals surface area contributed by atoms with Gasteiger partial charge in [0.2, 0.25) is 0 Å². The molecular weight excluding hydrogens is 382 g/mol. The zero-order chi connectivity index (χ0) is 19.7. The van der Waals surface area contributed by atoms with Crippen LogP contribution in [-0.4, -0.2) is 52.4 Å². The van der Waals surface area contributed by atoms with Crippen molar-refractivity contribution in [3.8, 4) is 5.69 Å². The average molecular weight is 404 g/mol. The second-order valence-electron chi connectivity index (χ2n) is 6.89. The first-order chi connectivity index (χ1) is 13.6. The molecule has 1 fully saturated rings. The first-order valence-electron chi connectivity index (χ1n) is 9.52. The van der Waals surface area contributed by atoms with Gasteiger partial charge < -0.3 is 14.4 Å². The van der Waals surface area contributed by atoms with Gasteiger partial charge in [0.05, 0.1) is 24.5 Å². The van der Waals surface area contributed by atoms with E-state index in [4.69, 9.17) is 21.1 Å². The van der Waals surface area contributed by atoms with Crippen LogP contribution in [0.15, 0.2) is 24.3 Å².